The summed E-state index contributed by atoms with van der Waals surface area (Å²) in [4.78, 5) is 8.56. The first-order valence-corrected chi connectivity index (χ1v) is 7.37. The summed E-state index contributed by atoms with van der Waals surface area (Å²) in [7, 11) is 0. The van der Waals surface area contributed by atoms with E-state index in [9.17, 15) is 0 Å². The van der Waals surface area contributed by atoms with Crippen molar-refractivity contribution in [2.75, 3.05) is 5.32 Å². The lowest BCUT2D eigenvalue weighted by Crippen LogP contribution is -1.89. The monoisotopic (exact) mass is 331 g/mol. The molecule has 2 heterocycles. The van der Waals surface area contributed by atoms with Gasteiger partial charge in [-0.05, 0) is 24.3 Å². The van der Waals surface area contributed by atoms with E-state index in [0.717, 1.165) is 26.5 Å². The molecule has 3 rings (SSSR count). The zero-order valence-corrected chi connectivity index (χ0v) is 12.3. The Hall–Kier alpha value is -1.72. The minimum absolute atomic E-state index is 0.879. The van der Waals surface area contributed by atoms with Crippen LogP contribution in [0.4, 0.5) is 10.8 Å². The summed E-state index contributed by atoms with van der Waals surface area (Å²) in [5.41, 5.74) is 3.09. The van der Waals surface area contributed by atoms with Crippen molar-refractivity contribution in [3.63, 3.8) is 0 Å². The van der Waals surface area contributed by atoms with Crippen LogP contribution >= 0.6 is 27.3 Å². The number of hydrogen-bond acceptors (Lipinski definition) is 4. The SMILES string of the molecule is Brc1ccc(-c2csc(Nc3ccncc3)n2)cc1. The third-order valence-electron chi connectivity index (χ3n) is 2.58. The molecule has 5 heteroatoms. The Morgan fingerprint density at radius 2 is 1.74 bits per heavy atom. The number of nitrogens with zero attached hydrogens (tertiary/aromatic N) is 2. The van der Waals surface area contributed by atoms with Crippen molar-refractivity contribution in [3.8, 4) is 11.3 Å². The van der Waals surface area contributed by atoms with Crippen LogP contribution < -0.4 is 5.32 Å². The van der Waals surface area contributed by atoms with E-state index >= 15 is 0 Å². The molecule has 0 aliphatic carbocycles. The molecule has 0 atom stereocenters. The number of anilines is 2. The Morgan fingerprint density at radius 1 is 1.00 bits per heavy atom. The van der Waals surface area contributed by atoms with Crippen molar-refractivity contribution in [2.45, 2.75) is 0 Å². The van der Waals surface area contributed by atoms with Crippen molar-refractivity contribution in [1.29, 1.82) is 0 Å². The minimum Gasteiger partial charge on any atom is -0.331 e. The van der Waals surface area contributed by atoms with Gasteiger partial charge < -0.3 is 5.32 Å². The number of halogens is 1. The van der Waals surface area contributed by atoms with Gasteiger partial charge >= 0.3 is 0 Å². The van der Waals surface area contributed by atoms with Crippen LogP contribution in [-0.4, -0.2) is 9.97 Å². The Kier molecular flexibility index (Phi) is 3.57. The highest BCUT2D eigenvalue weighted by molar-refractivity contribution is 9.10. The molecule has 19 heavy (non-hydrogen) atoms. The number of aromatic nitrogens is 2. The lowest BCUT2D eigenvalue weighted by atomic mass is 10.2. The normalized spacial score (nSPS) is 10.4. The first-order valence-electron chi connectivity index (χ1n) is 5.70. The number of benzene rings is 1. The van der Waals surface area contributed by atoms with Crippen LogP contribution in [-0.2, 0) is 0 Å². The lowest BCUT2D eigenvalue weighted by Gasteiger charge is -2.00. The molecule has 1 aromatic carbocycles. The summed E-state index contributed by atoms with van der Waals surface area (Å²) in [6.45, 7) is 0. The second kappa shape index (κ2) is 5.50. The van der Waals surface area contributed by atoms with Gasteiger partial charge in [0.2, 0.25) is 0 Å². The molecule has 0 saturated carbocycles. The number of rotatable bonds is 3. The van der Waals surface area contributed by atoms with Gasteiger partial charge in [-0.3, -0.25) is 4.98 Å². The van der Waals surface area contributed by atoms with E-state index in [-0.39, 0.29) is 0 Å². The summed E-state index contributed by atoms with van der Waals surface area (Å²) in [5.74, 6) is 0. The Morgan fingerprint density at radius 3 is 2.47 bits per heavy atom. The van der Waals surface area contributed by atoms with Crippen LogP contribution in [0.25, 0.3) is 11.3 Å². The zero-order chi connectivity index (χ0) is 13.1. The highest BCUT2D eigenvalue weighted by Gasteiger charge is 2.04. The van der Waals surface area contributed by atoms with Crippen LogP contribution in [0.15, 0.2) is 58.6 Å². The molecule has 3 aromatic rings. The van der Waals surface area contributed by atoms with Gasteiger partial charge in [0.15, 0.2) is 5.13 Å². The second-order valence-corrected chi connectivity index (χ2v) is 5.68. The molecule has 0 aliphatic heterocycles. The molecule has 0 radical (unpaired) electrons. The summed E-state index contributed by atoms with van der Waals surface area (Å²) in [6, 6.07) is 12.0. The summed E-state index contributed by atoms with van der Waals surface area (Å²) < 4.78 is 1.07. The van der Waals surface area contributed by atoms with E-state index in [0.29, 0.717) is 0 Å². The third-order valence-corrected chi connectivity index (χ3v) is 3.86. The van der Waals surface area contributed by atoms with E-state index in [1.54, 1.807) is 23.7 Å². The topological polar surface area (TPSA) is 37.8 Å². The number of pyridine rings is 1. The fraction of sp³-hybridized carbons (Fsp3) is 0. The summed E-state index contributed by atoms with van der Waals surface area (Å²) >= 11 is 5.02. The quantitative estimate of drug-likeness (QED) is 0.755. The molecular formula is C14H10BrN3S. The molecule has 94 valence electrons. The van der Waals surface area contributed by atoms with Crippen molar-refractivity contribution in [2.24, 2.45) is 0 Å². The molecule has 0 fully saturated rings. The standard InChI is InChI=1S/C14H10BrN3S/c15-11-3-1-10(2-4-11)13-9-19-14(18-13)17-12-5-7-16-8-6-12/h1-9H,(H,16,17,18). The Labute approximate surface area is 123 Å². The van der Waals surface area contributed by atoms with Gasteiger partial charge in [0.05, 0.1) is 5.69 Å². The van der Waals surface area contributed by atoms with Crippen LogP contribution in [0.5, 0.6) is 0 Å². The second-order valence-electron chi connectivity index (χ2n) is 3.91. The molecule has 0 spiro atoms. The third kappa shape index (κ3) is 3.00. The predicted molar refractivity (Wildman–Crippen MR) is 82.8 cm³/mol. The Bertz CT molecular complexity index is 665. The van der Waals surface area contributed by atoms with Gasteiger partial charge in [0.1, 0.15) is 0 Å². The van der Waals surface area contributed by atoms with Gasteiger partial charge in [0, 0.05) is 33.5 Å². The lowest BCUT2D eigenvalue weighted by molar-refractivity contribution is 1.31. The van der Waals surface area contributed by atoms with E-state index in [1.165, 1.54) is 0 Å². The maximum Gasteiger partial charge on any atom is 0.187 e. The molecule has 0 amide bonds. The van der Waals surface area contributed by atoms with Gasteiger partial charge in [-0.15, -0.1) is 11.3 Å². The van der Waals surface area contributed by atoms with Gasteiger partial charge in [0.25, 0.3) is 0 Å². The summed E-state index contributed by atoms with van der Waals surface area (Å²) in [6.07, 6.45) is 3.51. The molecule has 3 nitrogen and oxygen atoms in total. The highest BCUT2D eigenvalue weighted by atomic mass is 79.9. The molecule has 2 aromatic heterocycles. The average molecular weight is 332 g/mol. The van der Waals surface area contributed by atoms with Crippen molar-refractivity contribution in [1.82, 2.24) is 9.97 Å². The number of thiazole rings is 1. The minimum atomic E-state index is 0.879. The fourth-order valence-corrected chi connectivity index (χ4v) is 2.65. The number of hydrogen-bond donors (Lipinski definition) is 1. The summed E-state index contributed by atoms with van der Waals surface area (Å²) in [5, 5.41) is 6.19. The zero-order valence-electron chi connectivity index (χ0n) is 9.88. The van der Waals surface area contributed by atoms with Gasteiger partial charge in [-0.1, -0.05) is 28.1 Å². The fourth-order valence-electron chi connectivity index (χ4n) is 1.64. The first-order chi connectivity index (χ1) is 9.31. The molecular weight excluding hydrogens is 322 g/mol. The smallest absolute Gasteiger partial charge is 0.187 e. The van der Waals surface area contributed by atoms with E-state index in [4.69, 9.17) is 0 Å². The molecule has 1 N–H and O–H groups in total. The van der Waals surface area contributed by atoms with Crippen LogP contribution in [0.1, 0.15) is 0 Å². The van der Waals surface area contributed by atoms with E-state index in [2.05, 4.69) is 43.3 Å². The molecule has 0 aliphatic rings. The number of nitrogens with one attached hydrogen (secondary N) is 1. The Balaban J connectivity index is 1.82. The van der Waals surface area contributed by atoms with Crippen molar-refractivity contribution >= 4 is 38.1 Å². The predicted octanol–water partition coefficient (Wildman–Crippen LogP) is 4.71. The molecule has 0 saturated heterocycles. The first kappa shape index (κ1) is 12.3. The molecule has 0 bridgehead atoms. The van der Waals surface area contributed by atoms with Crippen molar-refractivity contribution in [3.05, 3.63) is 58.6 Å². The van der Waals surface area contributed by atoms with E-state index < -0.39 is 0 Å². The van der Waals surface area contributed by atoms with Crippen LogP contribution in [0.3, 0.4) is 0 Å². The maximum atomic E-state index is 4.58. The van der Waals surface area contributed by atoms with Gasteiger partial charge in [-0.2, -0.15) is 0 Å². The maximum absolute atomic E-state index is 4.58. The average Bonchev–Trinajstić information content (AvgIpc) is 2.89. The van der Waals surface area contributed by atoms with Crippen molar-refractivity contribution < 1.29 is 0 Å². The highest BCUT2D eigenvalue weighted by Crippen LogP contribution is 2.27. The molecule has 0 unspecified atom stereocenters. The van der Waals surface area contributed by atoms with Crippen LogP contribution in [0.2, 0.25) is 0 Å². The van der Waals surface area contributed by atoms with Gasteiger partial charge in [-0.25, -0.2) is 4.98 Å². The van der Waals surface area contributed by atoms with Crippen LogP contribution in [0, 0.1) is 0 Å². The largest absolute Gasteiger partial charge is 0.331 e. The van der Waals surface area contributed by atoms with E-state index in [1.807, 2.05) is 29.6 Å².